The maximum atomic E-state index is 13.0. The molecule has 0 aromatic rings. The fourth-order valence-electron chi connectivity index (χ4n) is 4.24. The van der Waals surface area contributed by atoms with Gasteiger partial charge in [0, 0.05) is 12.8 Å². The van der Waals surface area contributed by atoms with Crippen molar-refractivity contribution in [1.29, 1.82) is 0 Å². The zero-order chi connectivity index (χ0) is 32.0. The van der Waals surface area contributed by atoms with Gasteiger partial charge in [0.1, 0.15) is 19.3 Å². The summed E-state index contributed by atoms with van der Waals surface area (Å²) in [7, 11) is 0.502. The fraction of sp³-hybridized carbons (Fsp3) is 0.897. The molecular weight excluding hydrogens is 567 g/mol. The zero-order valence-electron chi connectivity index (χ0n) is 26.3. The predicted octanol–water partition coefficient (Wildman–Crippen LogP) is 3.71. The van der Waals surface area contributed by atoms with Crippen molar-refractivity contribution in [1.82, 2.24) is 0 Å². The molecular formula is C29H57N2O10P. The number of phosphoric acid groups is 1. The summed E-state index contributed by atoms with van der Waals surface area (Å²) in [6.07, 6.45) is 10.4. The largest absolute Gasteiger partial charge is 0.756 e. The van der Waals surface area contributed by atoms with Crippen LogP contribution in [0.3, 0.4) is 0 Å². The number of carboxylic acids is 1. The van der Waals surface area contributed by atoms with Gasteiger partial charge in [0.15, 0.2) is 11.9 Å². The third-order valence-electron chi connectivity index (χ3n) is 6.85. The lowest BCUT2D eigenvalue weighted by Gasteiger charge is -2.32. The molecule has 0 aliphatic carbocycles. The third kappa shape index (κ3) is 22.2. The van der Waals surface area contributed by atoms with Gasteiger partial charge in [0.05, 0.1) is 33.8 Å². The van der Waals surface area contributed by atoms with Crippen molar-refractivity contribution < 1.29 is 52.3 Å². The number of ketones is 1. The monoisotopic (exact) mass is 624 g/mol. The number of nitrogens with two attached hydrogens (primary N) is 1. The molecule has 0 bridgehead atoms. The Balaban J connectivity index is 4.85. The van der Waals surface area contributed by atoms with Crippen LogP contribution in [-0.4, -0.2) is 91.6 Å². The van der Waals surface area contributed by atoms with Crippen LogP contribution < -0.4 is 10.6 Å². The molecule has 4 N–H and O–H groups in total. The highest BCUT2D eigenvalue weighted by Crippen LogP contribution is 2.40. The van der Waals surface area contributed by atoms with E-state index in [0.717, 1.165) is 25.7 Å². The van der Waals surface area contributed by atoms with Crippen LogP contribution in [0.5, 0.6) is 0 Å². The summed E-state index contributed by atoms with van der Waals surface area (Å²) in [5.41, 5.74) is 5.83. The molecule has 0 radical (unpaired) electrons. The first-order valence-electron chi connectivity index (χ1n) is 15.5. The number of carbonyl (C=O) groups excluding carboxylic acids is 2. The Morgan fingerprint density at radius 2 is 1.38 bits per heavy atom. The number of aliphatic carboxylic acids is 1. The van der Waals surface area contributed by atoms with E-state index in [1.54, 1.807) is 0 Å². The van der Waals surface area contributed by atoms with Crippen LogP contribution >= 0.6 is 7.82 Å². The summed E-state index contributed by atoms with van der Waals surface area (Å²) >= 11 is 0. The van der Waals surface area contributed by atoms with Gasteiger partial charge in [0.25, 0.3) is 7.82 Å². The van der Waals surface area contributed by atoms with E-state index in [1.165, 1.54) is 51.4 Å². The molecule has 0 saturated carbocycles. The van der Waals surface area contributed by atoms with Crippen molar-refractivity contribution in [2.45, 2.75) is 128 Å². The number of nitrogens with zero attached hydrogens (tertiary/aromatic N) is 1. The molecule has 0 aromatic carbocycles. The lowest BCUT2D eigenvalue weighted by Crippen LogP contribution is -2.49. The van der Waals surface area contributed by atoms with Gasteiger partial charge in [-0.1, -0.05) is 84.0 Å². The topological polar surface area (TPSA) is 186 Å². The highest BCUT2D eigenvalue weighted by molar-refractivity contribution is 7.45. The molecule has 0 saturated heterocycles. The first kappa shape index (κ1) is 40.6. The number of carboxylic acid groups (broad SMARTS) is 1. The molecule has 13 heteroatoms. The second-order valence-electron chi connectivity index (χ2n) is 12.0. The highest BCUT2D eigenvalue weighted by atomic mass is 31.2. The van der Waals surface area contributed by atoms with Crippen molar-refractivity contribution in [3.05, 3.63) is 0 Å². The SMILES string of the molecule is CCCCCCCCCCCCCCCC(=O)OC(C(=O)[C@@H](N)CCC(=O)O)[C@H](CO)OP(=O)([O-])OCC[N+](C)(C)C. The number of esters is 1. The second-order valence-corrected chi connectivity index (χ2v) is 13.3. The maximum absolute atomic E-state index is 13.0. The average molecular weight is 625 g/mol. The number of aliphatic hydroxyl groups is 1. The van der Waals surface area contributed by atoms with Crippen molar-refractivity contribution >= 4 is 25.5 Å². The van der Waals surface area contributed by atoms with Crippen LogP contribution in [0.25, 0.3) is 0 Å². The minimum atomic E-state index is -5.00. The van der Waals surface area contributed by atoms with Crippen LogP contribution in [0, 0.1) is 0 Å². The van der Waals surface area contributed by atoms with E-state index in [-0.39, 0.29) is 19.4 Å². The summed E-state index contributed by atoms with van der Waals surface area (Å²) in [6.45, 7) is 1.35. The summed E-state index contributed by atoms with van der Waals surface area (Å²) in [6, 6.07) is -1.38. The molecule has 0 amide bonds. The van der Waals surface area contributed by atoms with E-state index < -0.39 is 56.8 Å². The fourth-order valence-corrected chi connectivity index (χ4v) is 5.12. The van der Waals surface area contributed by atoms with Gasteiger partial charge in [0.2, 0.25) is 0 Å². The number of quaternary nitrogens is 1. The van der Waals surface area contributed by atoms with Gasteiger partial charge < -0.3 is 39.1 Å². The molecule has 4 atom stereocenters. The van der Waals surface area contributed by atoms with E-state index in [0.29, 0.717) is 17.4 Å². The van der Waals surface area contributed by atoms with Crippen molar-refractivity contribution in [3.63, 3.8) is 0 Å². The number of ether oxygens (including phenoxy) is 1. The van der Waals surface area contributed by atoms with Crippen LogP contribution in [0.1, 0.15) is 110 Å². The minimum absolute atomic E-state index is 0.0148. The summed E-state index contributed by atoms with van der Waals surface area (Å²) < 4.78 is 27.9. The first-order chi connectivity index (χ1) is 19.7. The molecule has 0 rings (SSSR count). The number of unbranched alkanes of at least 4 members (excludes halogenated alkanes) is 12. The first-order valence-corrected chi connectivity index (χ1v) is 16.9. The quantitative estimate of drug-likeness (QED) is 0.0499. The number of hydrogen-bond donors (Lipinski definition) is 3. The van der Waals surface area contributed by atoms with Crippen LogP contribution in [-0.2, 0) is 32.7 Å². The van der Waals surface area contributed by atoms with Gasteiger partial charge in [-0.25, -0.2) is 0 Å². The van der Waals surface area contributed by atoms with Gasteiger partial charge in [-0.05, 0) is 12.8 Å². The van der Waals surface area contributed by atoms with Crippen molar-refractivity contribution in [3.8, 4) is 0 Å². The van der Waals surface area contributed by atoms with E-state index in [4.69, 9.17) is 24.6 Å². The Hall–Kier alpha value is -1.40. The number of Topliss-reactive ketones (excluding diaryl/α,β-unsaturated/α-hetero) is 1. The second kappa shape index (κ2) is 23.0. The van der Waals surface area contributed by atoms with Gasteiger partial charge in [-0.2, -0.15) is 0 Å². The number of aliphatic hydroxyl groups excluding tert-OH is 1. The predicted molar refractivity (Wildman–Crippen MR) is 158 cm³/mol. The standard InChI is InChI=1S/C29H57N2O10P/c1-5-6-7-8-9-10-11-12-13-14-15-16-17-18-27(35)40-29(28(36)24(30)19-20-26(33)34)25(23-32)41-42(37,38)39-22-21-31(2,3)4/h24-25,29,32H,5-23,30H2,1-4H3,(H-,33,34,37,38)/t24-,25-,29?/m0/s1. The van der Waals surface area contributed by atoms with E-state index >= 15 is 0 Å². The number of hydrogen-bond acceptors (Lipinski definition) is 10. The maximum Gasteiger partial charge on any atom is 0.306 e. The molecule has 2 unspecified atom stereocenters. The highest BCUT2D eigenvalue weighted by Gasteiger charge is 2.37. The van der Waals surface area contributed by atoms with Crippen LogP contribution in [0.15, 0.2) is 0 Å². The molecule has 12 nitrogen and oxygen atoms in total. The van der Waals surface area contributed by atoms with E-state index in [9.17, 15) is 28.9 Å². The molecule has 0 aliphatic rings. The smallest absolute Gasteiger partial charge is 0.306 e. The number of carbonyl (C=O) groups is 3. The Morgan fingerprint density at radius 1 is 0.881 bits per heavy atom. The van der Waals surface area contributed by atoms with Gasteiger partial charge in [-0.15, -0.1) is 0 Å². The third-order valence-corrected chi connectivity index (χ3v) is 7.88. The lowest BCUT2D eigenvalue weighted by atomic mass is 10.00. The van der Waals surface area contributed by atoms with Crippen molar-refractivity contribution in [2.24, 2.45) is 5.73 Å². The number of rotatable bonds is 28. The van der Waals surface area contributed by atoms with E-state index in [2.05, 4.69) is 6.92 Å². The number of likely N-dealkylation sites (N-methyl/N-ethyl adjacent to an activating group) is 1. The Bertz CT molecular complexity index is 806. The molecule has 0 aliphatic heterocycles. The molecule has 0 fully saturated rings. The molecule has 0 aromatic heterocycles. The lowest BCUT2D eigenvalue weighted by molar-refractivity contribution is -0.870. The Kier molecular flexibility index (Phi) is 22.3. The Morgan fingerprint density at radius 3 is 1.83 bits per heavy atom. The summed E-state index contributed by atoms with van der Waals surface area (Å²) in [5.74, 6) is -2.89. The van der Waals surface area contributed by atoms with Crippen LogP contribution in [0.4, 0.5) is 0 Å². The molecule has 0 spiro atoms. The van der Waals surface area contributed by atoms with Gasteiger partial charge >= 0.3 is 11.9 Å². The Labute approximate surface area is 252 Å². The van der Waals surface area contributed by atoms with E-state index in [1.807, 2.05) is 21.1 Å². The van der Waals surface area contributed by atoms with Crippen LogP contribution in [0.2, 0.25) is 0 Å². The number of phosphoric ester groups is 1. The normalized spacial score (nSPS) is 15.5. The molecule has 248 valence electrons. The van der Waals surface area contributed by atoms with Crippen molar-refractivity contribution in [2.75, 3.05) is 40.9 Å². The zero-order valence-corrected chi connectivity index (χ0v) is 27.2. The summed E-state index contributed by atoms with van der Waals surface area (Å²) in [4.78, 5) is 48.9. The average Bonchev–Trinajstić information content (AvgIpc) is 2.90. The minimum Gasteiger partial charge on any atom is -0.756 e. The summed E-state index contributed by atoms with van der Waals surface area (Å²) in [5, 5.41) is 18.8. The molecule has 0 heterocycles. The molecule has 42 heavy (non-hydrogen) atoms. The van der Waals surface area contributed by atoms with Gasteiger partial charge in [-0.3, -0.25) is 18.9 Å².